The van der Waals surface area contributed by atoms with Crippen LogP contribution >= 0.6 is 0 Å². The normalized spacial score (nSPS) is 18.2. The zero-order valence-electron chi connectivity index (χ0n) is 11.3. The van der Waals surface area contributed by atoms with Crippen molar-refractivity contribution in [1.29, 1.82) is 0 Å². The van der Waals surface area contributed by atoms with Crippen LogP contribution in [0.3, 0.4) is 0 Å². The van der Waals surface area contributed by atoms with Crippen molar-refractivity contribution >= 4 is 11.4 Å². The minimum atomic E-state index is 0.176. The molecular formula is C15H22N+. The van der Waals surface area contributed by atoms with Gasteiger partial charge in [-0.1, -0.05) is 19.9 Å². The Bertz CT molecular complexity index is 464. The summed E-state index contributed by atoms with van der Waals surface area (Å²) < 4.78 is 2.32. The Labute approximate surface area is 98.8 Å². The molecule has 1 aromatic carbocycles. The van der Waals surface area contributed by atoms with E-state index in [2.05, 4.69) is 64.4 Å². The monoisotopic (exact) mass is 216 g/mol. The Morgan fingerprint density at radius 1 is 1.19 bits per heavy atom. The van der Waals surface area contributed by atoms with E-state index in [0.717, 1.165) is 0 Å². The van der Waals surface area contributed by atoms with E-state index < -0.39 is 0 Å². The average Bonchev–Trinajstić information content (AvgIpc) is 2.40. The number of benzene rings is 1. The van der Waals surface area contributed by atoms with Crippen molar-refractivity contribution in [1.82, 2.24) is 0 Å². The van der Waals surface area contributed by atoms with Gasteiger partial charge in [0.05, 0.1) is 5.41 Å². The van der Waals surface area contributed by atoms with Crippen LogP contribution in [-0.2, 0) is 5.41 Å². The minimum Gasteiger partial charge on any atom is -0.202 e. The first-order chi connectivity index (χ1) is 7.35. The topological polar surface area (TPSA) is 3.01 Å². The maximum absolute atomic E-state index is 2.38. The fraction of sp³-hybridized carbons (Fsp3) is 0.533. The van der Waals surface area contributed by atoms with E-state index in [0.29, 0.717) is 5.92 Å². The van der Waals surface area contributed by atoms with Crippen LogP contribution < -0.4 is 0 Å². The molecule has 0 saturated heterocycles. The third kappa shape index (κ3) is 1.41. The summed E-state index contributed by atoms with van der Waals surface area (Å²) in [7, 11) is 2.16. The van der Waals surface area contributed by atoms with Gasteiger partial charge in [0, 0.05) is 18.6 Å². The summed E-state index contributed by atoms with van der Waals surface area (Å²) in [5.41, 5.74) is 5.89. The van der Waals surface area contributed by atoms with E-state index >= 15 is 0 Å². The number of fused-ring (bicyclic) bond motifs is 1. The van der Waals surface area contributed by atoms with Gasteiger partial charge in [0.2, 0.25) is 5.69 Å². The highest BCUT2D eigenvalue weighted by molar-refractivity contribution is 5.93. The lowest BCUT2D eigenvalue weighted by Gasteiger charge is -2.16. The van der Waals surface area contributed by atoms with E-state index in [4.69, 9.17) is 0 Å². The first-order valence-electron chi connectivity index (χ1n) is 6.08. The number of rotatable bonds is 1. The molecule has 0 spiro atoms. The summed E-state index contributed by atoms with van der Waals surface area (Å²) in [5, 5.41) is 0. The molecule has 0 aromatic heterocycles. The fourth-order valence-electron chi connectivity index (χ4n) is 2.50. The Kier molecular flexibility index (Phi) is 2.45. The molecule has 1 aromatic rings. The van der Waals surface area contributed by atoms with Crippen LogP contribution in [0.5, 0.6) is 0 Å². The zero-order chi connectivity index (χ0) is 12.1. The molecule has 0 N–H and O–H groups in total. The van der Waals surface area contributed by atoms with Crippen molar-refractivity contribution in [3.63, 3.8) is 0 Å². The standard InChI is InChI=1S/C15H22N/c1-10(2)12-7-8-14-13(9-12)15(4,5)11(3)16(14)6/h7-10H,1-6H3/q+1. The smallest absolute Gasteiger partial charge is 0.202 e. The SMILES string of the molecule is CC1=[N+](C)c2ccc(C(C)C)cc2C1(C)C. The van der Waals surface area contributed by atoms with Gasteiger partial charge in [-0.25, -0.2) is 4.58 Å². The van der Waals surface area contributed by atoms with Gasteiger partial charge < -0.3 is 0 Å². The van der Waals surface area contributed by atoms with Crippen LogP contribution in [0.2, 0.25) is 0 Å². The van der Waals surface area contributed by atoms with Gasteiger partial charge in [-0.2, -0.15) is 0 Å². The lowest BCUT2D eigenvalue weighted by atomic mass is 9.81. The number of hydrogen-bond acceptors (Lipinski definition) is 0. The summed E-state index contributed by atoms with van der Waals surface area (Å²) in [4.78, 5) is 0. The molecule has 0 unspecified atom stereocenters. The first kappa shape index (κ1) is 11.4. The van der Waals surface area contributed by atoms with Crippen molar-refractivity contribution in [2.24, 2.45) is 0 Å². The summed E-state index contributed by atoms with van der Waals surface area (Å²) in [6, 6.07) is 6.91. The molecular weight excluding hydrogens is 194 g/mol. The molecule has 0 fully saturated rings. The third-order valence-electron chi connectivity index (χ3n) is 4.13. The van der Waals surface area contributed by atoms with E-state index in [-0.39, 0.29) is 5.41 Å². The van der Waals surface area contributed by atoms with Gasteiger partial charge in [0.15, 0.2) is 5.71 Å². The summed E-state index contributed by atoms with van der Waals surface area (Å²) in [6.07, 6.45) is 0. The highest BCUT2D eigenvalue weighted by Gasteiger charge is 2.41. The minimum absolute atomic E-state index is 0.176. The predicted molar refractivity (Wildman–Crippen MR) is 70.1 cm³/mol. The molecule has 0 saturated carbocycles. The van der Waals surface area contributed by atoms with E-state index in [1.807, 2.05) is 0 Å². The van der Waals surface area contributed by atoms with Gasteiger partial charge in [-0.05, 0) is 31.4 Å². The van der Waals surface area contributed by atoms with Crippen LogP contribution in [-0.4, -0.2) is 17.3 Å². The van der Waals surface area contributed by atoms with Crippen molar-refractivity contribution in [3.05, 3.63) is 29.3 Å². The summed E-state index contributed by atoms with van der Waals surface area (Å²) in [5.74, 6) is 0.604. The Morgan fingerprint density at radius 2 is 1.81 bits per heavy atom. The second kappa shape index (κ2) is 3.44. The molecule has 1 heterocycles. The van der Waals surface area contributed by atoms with Gasteiger partial charge in [0.25, 0.3) is 0 Å². The Hall–Kier alpha value is -1.11. The van der Waals surface area contributed by atoms with Crippen LogP contribution in [0.15, 0.2) is 18.2 Å². The van der Waals surface area contributed by atoms with Gasteiger partial charge in [-0.15, -0.1) is 0 Å². The predicted octanol–water partition coefficient (Wildman–Crippen LogP) is 3.84. The molecule has 0 atom stereocenters. The van der Waals surface area contributed by atoms with Crippen LogP contribution in [0.4, 0.5) is 5.69 Å². The molecule has 2 rings (SSSR count). The fourth-order valence-corrected chi connectivity index (χ4v) is 2.50. The van der Waals surface area contributed by atoms with Gasteiger partial charge >= 0.3 is 0 Å². The van der Waals surface area contributed by atoms with E-state index in [9.17, 15) is 0 Å². The number of hydrogen-bond donors (Lipinski definition) is 0. The summed E-state index contributed by atoms with van der Waals surface area (Å²) in [6.45, 7) is 11.4. The molecule has 1 aliphatic heterocycles. The maximum atomic E-state index is 2.38. The molecule has 16 heavy (non-hydrogen) atoms. The maximum Gasteiger partial charge on any atom is 0.209 e. The summed E-state index contributed by atoms with van der Waals surface area (Å²) >= 11 is 0. The van der Waals surface area contributed by atoms with Crippen molar-refractivity contribution in [2.45, 2.75) is 46.0 Å². The second-order valence-electron chi connectivity index (χ2n) is 5.70. The number of nitrogens with zero attached hydrogens (tertiary/aromatic N) is 1. The lowest BCUT2D eigenvalue weighted by Crippen LogP contribution is -2.25. The Morgan fingerprint density at radius 3 is 2.38 bits per heavy atom. The molecule has 1 aliphatic rings. The van der Waals surface area contributed by atoms with Crippen LogP contribution in [0.1, 0.15) is 51.7 Å². The molecule has 0 amide bonds. The second-order valence-corrected chi connectivity index (χ2v) is 5.70. The molecule has 0 radical (unpaired) electrons. The lowest BCUT2D eigenvalue weighted by molar-refractivity contribution is -0.403. The van der Waals surface area contributed by atoms with E-state index in [1.54, 1.807) is 0 Å². The van der Waals surface area contributed by atoms with Crippen LogP contribution in [0.25, 0.3) is 0 Å². The van der Waals surface area contributed by atoms with Crippen molar-refractivity contribution < 1.29 is 4.58 Å². The third-order valence-corrected chi connectivity index (χ3v) is 4.13. The van der Waals surface area contributed by atoms with Gasteiger partial charge in [0.1, 0.15) is 7.05 Å². The van der Waals surface area contributed by atoms with Gasteiger partial charge in [-0.3, -0.25) is 0 Å². The van der Waals surface area contributed by atoms with Crippen LogP contribution in [0, 0.1) is 0 Å². The highest BCUT2D eigenvalue weighted by Crippen LogP contribution is 2.40. The van der Waals surface area contributed by atoms with Crippen molar-refractivity contribution in [3.8, 4) is 0 Å². The van der Waals surface area contributed by atoms with E-state index in [1.165, 1.54) is 22.5 Å². The Balaban J connectivity index is 2.63. The molecule has 0 bridgehead atoms. The molecule has 86 valence electrons. The van der Waals surface area contributed by atoms with Crippen molar-refractivity contribution in [2.75, 3.05) is 7.05 Å². The quantitative estimate of drug-likeness (QED) is 0.628. The first-order valence-corrected chi connectivity index (χ1v) is 6.08. The molecule has 1 heteroatoms. The largest absolute Gasteiger partial charge is 0.209 e. The molecule has 0 aliphatic carbocycles. The average molecular weight is 216 g/mol. The molecule has 1 nitrogen and oxygen atoms in total. The highest BCUT2D eigenvalue weighted by atomic mass is 15.0. The zero-order valence-corrected chi connectivity index (χ0v) is 11.3.